The second kappa shape index (κ2) is 4.56. The molecule has 86 valence electrons. The van der Waals surface area contributed by atoms with Crippen LogP contribution in [-0.2, 0) is 4.79 Å². The van der Waals surface area contributed by atoms with Gasteiger partial charge in [-0.1, -0.05) is 19.1 Å². The minimum atomic E-state index is 0.0448. The molecule has 1 heterocycles. The van der Waals surface area contributed by atoms with Crippen molar-refractivity contribution < 1.29 is 9.53 Å². The van der Waals surface area contributed by atoms with Crippen molar-refractivity contribution in [3.63, 3.8) is 0 Å². The average Bonchev–Trinajstić information content (AvgIpc) is 2.26. The molecule has 16 heavy (non-hydrogen) atoms. The van der Waals surface area contributed by atoms with Crippen LogP contribution in [0.2, 0.25) is 0 Å². The van der Waals surface area contributed by atoms with E-state index in [1.54, 1.807) is 0 Å². The van der Waals surface area contributed by atoms with Gasteiger partial charge in [-0.15, -0.1) is 0 Å². The predicted molar refractivity (Wildman–Crippen MR) is 63.6 cm³/mol. The minimum absolute atomic E-state index is 0.0448. The zero-order valence-electron chi connectivity index (χ0n) is 9.69. The molecule has 3 heteroatoms. The maximum Gasteiger partial charge on any atom is 0.227 e. The monoisotopic (exact) mass is 219 g/mol. The Kier molecular flexibility index (Phi) is 3.13. The van der Waals surface area contributed by atoms with Crippen molar-refractivity contribution in [2.45, 2.75) is 32.8 Å². The molecule has 1 N–H and O–H groups in total. The summed E-state index contributed by atoms with van der Waals surface area (Å²) in [5.74, 6) is 0.909. The molecule has 0 aromatic heterocycles. The van der Waals surface area contributed by atoms with Crippen LogP contribution in [0, 0.1) is 5.92 Å². The number of carbonyl (C=O) groups is 1. The van der Waals surface area contributed by atoms with Crippen LogP contribution in [0.15, 0.2) is 24.3 Å². The van der Waals surface area contributed by atoms with Crippen LogP contribution in [0.1, 0.15) is 26.7 Å². The Balaban J connectivity index is 2.30. The third kappa shape index (κ3) is 2.18. The first-order valence-electron chi connectivity index (χ1n) is 5.77. The fourth-order valence-corrected chi connectivity index (χ4v) is 2.03. The molecule has 1 aliphatic heterocycles. The number of anilines is 1. The molecule has 0 radical (unpaired) electrons. The lowest BCUT2D eigenvalue weighted by atomic mass is 9.97. The molecule has 1 aromatic carbocycles. The Morgan fingerprint density at radius 1 is 1.44 bits per heavy atom. The predicted octanol–water partition coefficient (Wildman–Crippen LogP) is 2.82. The van der Waals surface area contributed by atoms with Crippen molar-refractivity contribution in [1.29, 1.82) is 0 Å². The van der Waals surface area contributed by atoms with Gasteiger partial charge in [-0.3, -0.25) is 4.79 Å². The lowest BCUT2D eigenvalue weighted by Crippen LogP contribution is -2.30. The van der Waals surface area contributed by atoms with E-state index in [1.165, 1.54) is 0 Å². The number of hydrogen-bond donors (Lipinski definition) is 1. The highest BCUT2D eigenvalue weighted by molar-refractivity contribution is 5.94. The van der Waals surface area contributed by atoms with Crippen molar-refractivity contribution in [3.8, 4) is 5.75 Å². The molecular formula is C13H17NO2. The normalized spacial score (nSPS) is 24.8. The number of benzene rings is 1. The van der Waals surface area contributed by atoms with Crippen LogP contribution >= 0.6 is 0 Å². The van der Waals surface area contributed by atoms with Gasteiger partial charge in [-0.2, -0.15) is 0 Å². The number of hydrogen-bond acceptors (Lipinski definition) is 2. The van der Waals surface area contributed by atoms with Crippen LogP contribution in [0.4, 0.5) is 5.69 Å². The first kappa shape index (κ1) is 11.0. The fraction of sp³-hybridized carbons (Fsp3) is 0.462. The molecular weight excluding hydrogens is 202 g/mol. The summed E-state index contributed by atoms with van der Waals surface area (Å²) in [6, 6.07) is 7.57. The van der Waals surface area contributed by atoms with Crippen molar-refractivity contribution >= 4 is 11.6 Å². The third-order valence-corrected chi connectivity index (χ3v) is 2.95. The Hall–Kier alpha value is -1.51. The van der Waals surface area contributed by atoms with Gasteiger partial charge < -0.3 is 10.1 Å². The van der Waals surface area contributed by atoms with Gasteiger partial charge in [0.2, 0.25) is 5.91 Å². The van der Waals surface area contributed by atoms with Crippen LogP contribution < -0.4 is 10.1 Å². The van der Waals surface area contributed by atoms with Gasteiger partial charge in [0.15, 0.2) is 0 Å². The summed E-state index contributed by atoms with van der Waals surface area (Å²) < 4.78 is 5.80. The van der Waals surface area contributed by atoms with Gasteiger partial charge >= 0.3 is 0 Å². The minimum Gasteiger partial charge on any atom is -0.489 e. The standard InChI is InChI=1S/C13H17NO2/c1-3-10-8-9(2)16-12-7-5-4-6-11(12)14-13(10)15/h4-7,9-10H,3,8H2,1-2H3,(H,14,15). The lowest BCUT2D eigenvalue weighted by Gasteiger charge is -2.25. The molecule has 0 bridgehead atoms. The van der Waals surface area contributed by atoms with Gasteiger partial charge in [0, 0.05) is 5.92 Å². The summed E-state index contributed by atoms with van der Waals surface area (Å²) >= 11 is 0. The van der Waals surface area contributed by atoms with Gasteiger partial charge in [0.1, 0.15) is 5.75 Å². The van der Waals surface area contributed by atoms with E-state index in [-0.39, 0.29) is 17.9 Å². The van der Waals surface area contributed by atoms with E-state index in [0.29, 0.717) is 0 Å². The van der Waals surface area contributed by atoms with Crippen LogP contribution in [0.3, 0.4) is 0 Å². The van der Waals surface area contributed by atoms with Crippen molar-refractivity contribution in [3.05, 3.63) is 24.3 Å². The summed E-state index contributed by atoms with van der Waals surface area (Å²) in [7, 11) is 0. The van der Waals surface area contributed by atoms with E-state index in [1.807, 2.05) is 38.1 Å². The summed E-state index contributed by atoms with van der Waals surface area (Å²) in [6.45, 7) is 4.04. The molecule has 1 amide bonds. The van der Waals surface area contributed by atoms with Crippen LogP contribution in [0.25, 0.3) is 0 Å². The summed E-state index contributed by atoms with van der Waals surface area (Å²) in [6.07, 6.45) is 1.70. The maximum absolute atomic E-state index is 11.9. The Morgan fingerprint density at radius 3 is 2.94 bits per heavy atom. The van der Waals surface area contributed by atoms with Gasteiger partial charge in [-0.05, 0) is 31.9 Å². The Labute approximate surface area is 95.8 Å². The second-order valence-corrected chi connectivity index (χ2v) is 4.25. The van der Waals surface area contributed by atoms with Crippen molar-refractivity contribution in [2.24, 2.45) is 5.92 Å². The molecule has 3 nitrogen and oxygen atoms in total. The number of rotatable bonds is 1. The van der Waals surface area contributed by atoms with Crippen LogP contribution in [0.5, 0.6) is 5.75 Å². The van der Waals surface area contributed by atoms with E-state index in [9.17, 15) is 4.79 Å². The van der Waals surface area contributed by atoms with Crippen molar-refractivity contribution in [2.75, 3.05) is 5.32 Å². The average molecular weight is 219 g/mol. The largest absolute Gasteiger partial charge is 0.489 e. The zero-order valence-corrected chi connectivity index (χ0v) is 9.69. The zero-order chi connectivity index (χ0) is 11.5. The number of fused-ring (bicyclic) bond motifs is 1. The molecule has 0 saturated heterocycles. The van der Waals surface area contributed by atoms with E-state index in [2.05, 4.69) is 5.32 Å². The SMILES string of the molecule is CCC1CC(C)Oc2ccccc2NC1=O. The smallest absolute Gasteiger partial charge is 0.227 e. The molecule has 0 fully saturated rings. The fourth-order valence-electron chi connectivity index (χ4n) is 2.03. The summed E-state index contributed by atoms with van der Waals surface area (Å²) in [5.41, 5.74) is 0.775. The van der Waals surface area contributed by atoms with Crippen molar-refractivity contribution in [1.82, 2.24) is 0 Å². The quantitative estimate of drug-likeness (QED) is 0.788. The highest BCUT2D eigenvalue weighted by atomic mass is 16.5. The van der Waals surface area contributed by atoms with Gasteiger partial charge in [0.05, 0.1) is 11.8 Å². The van der Waals surface area contributed by atoms with Gasteiger partial charge in [-0.25, -0.2) is 0 Å². The number of amides is 1. The second-order valence-electron chi connectivity index (χ2n) is 4.25. The first-order valence-corrected chi connectivity index (χ1v) is 5.77. The highest BCUT2D eigenvalue weighted by Crippen LogP contribution is 2.29. The number of para-hydroxylation sites is 2. The first-order chi connectivity index (χ1) is 7.70. The molecule has 0 aliphatic carbocycles. The Morgan fingerprint density at radius 2 is 2.19 bits per heavy atom. The molecule has 0 saturated carbocycles. The number of carbonyl (C=O) groups excluding carboxylic acids is 1. The number of nitrogens with one attached hydrogen (secondary N) is 1. The Bertz CT molecular complexity index is 389. The lowest BCUT2D eigenvalue weighted by molar-refractivity contribution is -0.121. The van der Waals surface area contributed by atoms with Gasteiger partial charge in [0.25, 0.3) is 0 Å². The van der Waals surface area contributed by atoms with Crippen LogP contribution in [-0.4, -0.2) is 12.0 Å². The summed E-state index contributed by atoms with van der Waals surface area (Å²) in [4.78, 5) is 11.9. The van der Waals surface area contributed by atoms with E-state index in [0.717, 1.165) is 24.3 Å². The topological polar surface area (TPSA) is 38.3 Å². The highest BCUT2D eigenvalue weighted by Gasteiger charge is 2.24. The van der Waals surface area contributed by atoms with E-state index in [4.69, 9.17) is 4.74 Å². The molecule has 2 atom stereocenters. The molecule has 2 unspecified atom stereocenters. The third-order valence-electron chi connectivity index (χ3n) is 2.95. The number of ether oxygens (including phenoxy) is 1. The maximum atomic E-state index is 11.9. The molecule has 1 aromatic rings. The molecule has 0 spiro atoms. The summed E-state index contributed by atoms with van der Waals surface area (Å²) in [5, 5.41) is 2.92. The molecule has 2 rings (SSSR count). The molecule has 1 aliphatic rings. The van der Waals surface area contributed by atoms with E-state index < -0.39 is 0 Å². The van der Waals surface area contributed by atoms with E-state index >= 15 is 0 Å².